The smallest absolute Gasteiger partial charge is 0.264 e. The van der Waals surface area contributed by atoms with Gasteiger partial charge in [0.15, 0.2) is 0 Å². The van der Waals surface area contributed by atoms with E-state index in [9.17, 15) is 17.7 Å². The molecule has 0 radical (unpaired) electrons. The Hall–Kier alpha value is -1.74. The number of aryl methyl sites for hydroxylation is 1. The summed E-state index contributed by atoms with van der Waals surface area (Å²) in [7, 11) is -5.19. The van der Waals surface area contributed by atoms with Crippen LogP contribution in [-0.4, -0.2) is 42.7 Å². The molecule has 1 unspecified atom stereocenters. The number of aliphatic hydroxyl groups excluding tert-OH is 1. The van der Waals surface area contributed by atoms with Crippen LogP contribution in [0, 0.1) is 5.92 Å². The zero-order chi connectivity index (χ0) is 23.3. The minimum Gasteiger partial charge on any atom is -0.392 e. The molecule has 1 saturated heterocycles. The van der Waals surface area contributed by atoms with Gasteiger partial charge in [-0.3, -0.25) is 8.51 Å². The van der Waals surface area contributed by atoms with Gasteiger partial charge in [0.1, 0.15) is 0 Å². The molecule has 3 rings (SSSR count). The molecule has 1 fully saturated rings. The van der Waals surface area contributed by atoms with Crippen molar-refractivity contribution in [3.05, 3.63) is 53.6 Å². The Morgan fingerprint density at radius 3 is 2.34 bits per heavy atom. The fourth-order valence-corrected chi connectivity index (χ4v) is 7.05. The van der Waals surface area contributed by atoms with Gasteiger partial charge in [0.2, 0.25) is 0 Å². The molecule has 32 heavy (non-hydrogen) atoms. The predicted molar refractivity (Wildman–Crippen MR) is 128 cm³/mol. The number of hydrogen-bond acceptors (Lipinski definition) is 5. The van der Waals surface area contributed by atoms with Gasteiger partial charge in [0.05, 0.1) is 28.0 Å². The van der Waals surface area contributed by atoms with Crippen LogP contribution in [0.4, 0.5) is 5.69 Å². The summed E-state index contributed by atoms with van der Waals surface area (Å²) in [5, 5.41) is 9.90. The molecule has 0 saturated carbocycles. The van der Waals surface area contributed by atoms with Gasteiger partial charge in [-0.25, -0.2) is 8.42 Å². The molecule has 0 aliphatic carbocycles. The van der Waals surface area contributed by atoms with Crippen LogP contribution in [0.3, 0.4) is 0 Å². The van der Waals surface area contributed by atoms with Crippen molar-refractivity contribution in [2.24, 2.45) is 5.92 Å². The highest BCUT2D eigenvalue weighted by atomic mass is 32.2. The quantitative estimate of drug-likeness (QED) is 0.590. The summed E-state index contributed by atoms with van der Waals surface area (Å²) in [6.07, 6.45) is 2.25. The van der Waals surface area contributed by atoms with Crippen LogP contribution in [0.1, 0.15) is 44.7 Å². The van der Waals surface area contributed by atoms with Crippen LogP contribution in [-0.2, 0) is 38.6 Å². The summed E-state index contributed by atoms with van der Waals surface area (Å²) in [5.41, 5.74) is 2.14. The average Bonchev–Trinajstić information content (AvgIpc) is 2.82. The van der Waals surface area contributed by atoms with E-state index in [0.29, 0.717) is 48.7 Å². The summed E-state index contributed by atoms with van der Waals surface area (Å²) in [6, 6.07) is 12.1. The Kier molecular flexibility index (Phi) is 8.49. The van der Waals surface area contributed by atoms with E-state index in [-0.39, 0.29) is 22.7 Å². The minimum absolute atomic E-state index is 0.0500. The summed E-state index contributed by atoms with van der Waals surface area (Å²) < 4.78 is 47.1. The molecular weight excluding hydrogens is 446 g/mol. The first-order valence-electron chi connectivity index (χ1n) is 11.1. The van der Waals surface area contributed by atoms with E-state index in [1.807, 2.05) is 38.1 Å². The fourth-order valence-electron chi connectivity index (χ4n) is 3.80. The van der Waals surface area contributed by atoms with E-state index in [1.54, 1.807) is 6.07 Å². The summed E-state index contributed by atoms with van der Waals surface area (Å²) in [5.74, 6) is 0.119. The van der Waals surface area contributed by atoms with Crippen molar-refractivity contribution < 1.29 is 22.5 Å². The zero-order valence-corrected chi connectivity index (χ0v) is 20.6. The second-order valence-electron chi connectivity index (χ2n) is 8.49. The van der Waals surface area contributed by atoms with Crippen LogP contribution in [0.5, 0.6) is 0 Å². The third-order valence-electron chi connectivity index (χ3n) is 5.64. The maximum Gasteiger partial charge on any atom is 0.264 e. The molecule has 2 aromatic carbocycles. The van der Waals surface area contributed by atoms with Crippen molar-refractivity contribution >= 4 is 26.5 Å². The molecule has 0 bridgehead atoms. The standard InChI is InChI=1S/C24H33NO5S2/c1-4-19-5-7-21(8-6-19)25(16-18(2)3)32(28,29)23-9-10-24(20(15-23)17-26)31(27)22-11-13-30-14-12-22/h5-10,15,18,22,26H,4,11-14,16-17H2,1-3H3. The van der Waals surface area contributed by atoms with E-state index >= 15 is 0 Å². The van der Waals surface area contributed by atoms with Crippen molar-refractivity contribution in [3.63, 3.8) is 0 Å². The van der Waals surface area contributed by atoms with Gasteiger partial charge in [-0.15, -0.1) is 0 Å². The molecule has 1 aliphatic heterocycles. The largest absolute Gasteiger partial charge is 0.392 e. The maximum absolute atomic E-state index is 13.6. The number of ether oxygens (including phenoxy) is 1. The SMILES string of the molecule is CCc1ccc(N(CC(C)C)S(=O)(=O)c2ccc(S(=O)C3CCOCC3)c(CO)c2)cc1. The molecule has 6 nitrogen and oxygen atoms in total. The highest BCUT2D eigenvalue weighted by Crippen LogP contribution is 2.29. The van der Waals surface area contributed by atoms with E-state index in [2.05, 4.69) is 6.92 Å². The second kappa shape index (κ2) is 10.9. The summed E-state index contributed by atoms with van der Waals surface area (Å²) in [6.45, 7) is 7.10. The second-order valence-corrected chi connectivity index (χ2v) is 12.1. The van der Waals surface area contributed by atoms with E-state index < -0.39 is 20.8 Å². The first-order valence-corrected chi connectivity index (χ1v) is 13.8. The van der Waals surface area contributed by atoms with Gasteiger partial charge in [0.25, 0.3) is 10.0 Å². The van der Waals surface area contributed by atoms with Crippen LogP contribution < -0.4 is 4.31 Å². The van der Waals surface area contributed by atoms with Crippen LogP contribution >= 0.6 is 0 Å². The van der Waals surface area contributed by atoms with Gasteiger partial charge in [-0.05, 0) is 66.6 Å². The monoisotopic (exact) mass is 479 g/mol. The van der Waals surface area contributed by atoms with Crippen LogP contribution in [0.25, 0.3) is 0 Å². The molecule has 1 aliphatic rings. The molecule has 1 atom stereocenters. The van der Waals surface area contributed by atoms with Gasteiger partial charge < -0.3 is 9.84 Å². The molecule has 0 spiro atoms. The highest BCUT2D eigenvalue weighted by Gasteiger charge is 2.28. The van der Waals surface area contributed by atoms with Crippen molar-refractivity contribution in [2.75, 3.05) is 24.1 Å². The average molecular weight is 480 g/mol. The fraction of sp³-hybridized carbons (Fsp3) is 0.500. The lowest BCUT2D eigenvalue weighted by Gasteiger charge is -2.27. The molecule has 1 heterocycles. The summed E-state index contributed by atoms with van der Waals surface area (Å²) in [4.78, 5) is 0.593. The number of aliphatic hydroxyl groups is 1. The topological polar surface area (TPSA) is 83.9 Å². The number of anilines is 1. The Morgan fingerprint density at radius 2 is 1.78 bits per heavy atom. The Bertz CT molecular complexity index is 1030. The molecule has 8 heteroatoms. The molecule has 2 aromatic rings. The van der Waals surface area contributed by atoms with E-state index in [1.165, 1.54) is 16.4 Å². The van der Waals surface area contributed by atoms with Gasteiger partial charge >= 0.3 is 0 Å². The number of sulfonamides is 1. The molecule has 0 amide bonds. The van der Waals surface area contributed by atoms with Crippen molar-refractivity contribution in [3.8, 4) is 0 Å². The highest BCUT2D eigenvalue weighted by molar-refractivity contribution is 7.92. The third-order valence-corrected chi connectivity index (χ3v) is 9.34. The molecule has 1 N–H and O–H groups in total. The number of benzene rings is 2. The van der Waals surface area contributed by atoms with Crippen molar-refractivity contribution in [1.82, 2.24) is 0 Å². The first-order chi connectivity index (χ1) is 15.3. The zero-order valence-electron chi connectivity index (χ0n) is 19.0. The van der Waals surface area contributed by atoms with E-state index in [4.69, 9.17) is 4.74 Å². The van der Waals surface area contributed by atoms with Gasteiger partial charge in [-0.2, -0.15) is 0 Å². The Morgan fingerprint density at radius 1 is 1.12 bits per heavy atom. The molecular formula is C24H33NO5S2. The number of hydrogen-bond donors (Lipinski definition) is 1. The third kappa shape index (κ3) is 5.60. The van der Waals surface area contributed by atoms with E-state index in [0.717, 1.165) is 12.0 Å². The van der Waals surface area contributed by atoms with Gasteiger partial charge in [-0.1, -0.05) is 32.9 Å². The lowest BCUT2D eigenvalue weighted by atomic mass is 10.1. The number of rotatable bonds is 9. The Balaban J connectivity index is 1.97. The summed E-state index contributed by atoms with van der Waals surface area (Å²) >= 11 is 0. The molecule has 176 valence electrons. The molecule has 0 aromatic heterocycles. The van der Waals surface area contributed by atoms with Gasteiger partial charge in [0, 0.05) is 29.9 Å². The lowest BCUT2D eigenvalue weighted by molar-refractivity contribution is 0.0992. The predicted octanol–water partition coefficient (Wildman–Crippen LogP) is 3.88. The lowest BCUT2D eigenvalue weighted by Crippen LogP contribution is -2.34. The number of nitrogens with zero attached hydrogens (tertiary/aromatic N) is 1. The van der Waals surface area contributed by atoms with Crippen molar-refractivity contribution in [2.45, 2.75) is 61.7 Å². The Labute approximate surface area is 194 Å². The van der Waals surface area contributed by atoms with Crippen LogP contribution in [0.15, 0.2) is 52.3 Å². The normalized spacial score (nSPS) is 16.3. The van der Waals surface area contributed by atoms with Crippen molar-refractivity contribution in [1.29, 1.82) is 0 Å². The van der Waals surface area contributed by atoms with Crippen LogP contribution in [0.2, 0.25) is 0 Å². The first kappa shape index (κ1) is 24.9. The minimum atomic E-state index is -3.87. The maximum atomic E-state index is 13.6.